The fourth-order valence-corrected chi connectivity index (χ4v) is 2.08. The molecule has 0 radical (unpaired) electrons. The Labute approximate surface area is 61.2 Å². The number of ketones is 1. The number of piperidine rings is 1. The Hall–Kier alpha value is -0.370. The number of hydrogen-bond acceptors (Lipinski definition) is 2. The first-order valence-corrected chi connectivity index (χ1v) is 4.15. The van der Waals surface area contributed by atoms with Crippen LogP contribution in [0.1, 0.15) is 25.7 Å². The van der Waals surface area contributed by atoms with Gasteiger partial charge in [0.05, 0.1) is 6.04 Å². The summed E-state index contributed by atoms with van der Waals surface area (Å²) in [6, 6.07) is 0.328. The van der Waals surface area contributed by atoms with Gasteiger partial charge in [0.25, 0.3) is 0 Å². The van der Waals surface area contributed by atoms with Crippen molar-refractivity contribution in [3.8, 4) is 0 Å². The molecule has 0 spiro atoms. The minimum atomic E-state index is 0.328. The van der Waals surface area contributed by atoms with Gasteiger partial charge < -0.3 is 0 Å². The van der Waals surface area contributed by atoms with E-state index in [2.05, 4.69) is 4.90 Å². The molecule has 2 fully saturated rings. The zero-order chi connectivity index (χ0) is 6.97. The SMILES string of the molecule is O=C1CCCN2CCCC12. The van der Waals surface area contributed by atoms with Gasteiger partial charge in [-0.15, -0.1) is 0 Å². The highest BCUT2D eigenvalue weighted by atomic mass is 16.1. The van der Waals surface area contributed by atoms with Crippen molar-refractivity contribution in [2.24, 2.45) is 0 Å². The van der Waals surface area contributed by atoms with E-state index in [0.717, 1.165) is 32.4 Å². The third-order valence-electron chi connectivity index (χ3n) is 2.60. The van der Waals surface area contributed by atoms with Crippen molar-refractivity contribution >= 4 is 5.78 Å². The van der Waals surface area contributed by atoms with Crippen molar-refractivity contribution in [2.45, 2.75) is 31.7 Å². The minimum Gasteiger partial charge on any atom is -0.298 e. The van der Waals surface area contributed by atoms with E-state index in [1.54, 1.807) is 0 Å². The van der Waals surface area contributed by atoms with E-state index < -0.39 is 0 Å². The van der Waals surface area contributed by atoms with E-state index in [1.807, 2.05) is 0 Å². The summed E-state index contributed by atoms with van der Waals surface area (Å²) >= 11 is 0. The average molecular weight is 139 g/mol. The number of fused-ring (bicyclic) bond motifs is 1. The number of carbonyl (C=O) groups is 1. The van der Waals surface area contributed by atoms with Crippen LogP contribution in [0.4, 0.5) is 0 Å². The zero-order valence-electron chi connectivity index (χ0n) is 6.18. The number of Topliss-reactive ketones (excluding diaryl/α,β-unsaturated/α-hetero) is 1. The number of nitrogens with zero attached hydrogens (tertiary/aromatic N) is 1. The van der Waals surface area contributed by atoms with Gasteiger partial charge in [0.1, 0.15) is 5.78 Å². The van der Waals surface area contributed by atoms with Crippen molar-refractivity contribution in [1.29, 1.82) is 0 Å². The molecule has 2 aliphatic rings. The molecule has 0 aromatic carbocycles. The summed E-state index contributed by atoms with van der Waals surface area (Å²) in [5.74, 6) is 0.490. The second-order valence-electron chi connectivity index (χ2n) is 3.26. The normalized spacial score (nSPS) is 34.4. The smallest absolute Gasteiger partial charge is 0.150 e. The highest BCUT2D eigenvalue weighted by Gasteiger charge is 2.32. The van der Waals surface area contributed by atoms with E-state index in [9.17, 15) is 4.79 Å². The largest absolute Gasteiger partial charge is 0.298 e. The standard InChI is InChI=1S/C8H13NO/c10-8-4-2-6-9-5-1-3-7(8)9/h7H,1-6H2. The molecule has 2 nitrogen and oxygen atoms in total. The summed E-state index contributed by atoms with van der Waals surface area (Å²) in [7, 11) is 0. The molecule has 10 heavy (non-hydrogen) atoms. The van der Waals surface area contributed by atoms with Crippen LogP contribution >= 0.6 is 0 Å². The lowest BCUT2D eigenvalue weighted by Crippen LogP contribution is -2.40. The molecule has 0 aromatic rings. The highest BCUT2D eigenvalue weighted by Crippen LogP contribution is 2.23. The van der Waals surface area contributed by atoms with Gasteiger partial charge in [0.15, 0.2) is 0 Å². The highest BCUT2D eigenvalue weighted by molar-refractivity contribution is 5.84. The molecule has 2 aliphatic heterocycles. The van der Waals surface area contributed by atoms with Crippen molar-refractivity contribution < 1.29 is 4.79 Å². The van der Waals surface area contributed by atoms with Gasteiger partial charge in [-0.05, 0) is 32.4 Å². The summed E-state index contributed by atoms with van der Waals surface area (Å²) in [6.45, 7) is 2.33. The van der Waals surface area contributed by atoms with Crippen molar-refractivity contribution in [2.75, 3.05) is 13.1 Å². The van der Waals surface area contributed by atoms with Crippen LogP contribution in [0.2, 0.25) is 0 Å². The Morgan fingerprint density at radius 3 is 2.90 bits per heavy atom. The van der Waals surface area contributed by atoms with Crippen LogP contribution < -0.4 is 0 Å². The quantitative estimate of drug-likeness (QED) is 0.495. The molecule has 2 rings (SSSR count). The topological polar surface area (TPSA) is 20.3 Å². The van der Waals surface area contributed by atoms with Gasteiger partial charge >= 0.3 is 0 Å². The first-order chi connectivity index (χ1) is 4.88. The fourth-order valence-electron chi connectivity index (χ4n) is 2.08. The number of carbonyl (C=O) groups excluding carboxylic acids is 1. The number of hydrogen-bond donors (Lipinski definition) is 0. The van der Waals surface area contributed by atoms with Crippen LogP contribution in [-0.2, 0) is 4.79 Å². The molecule has 2 saturated heterocycles. The lowest BCUT2D eigenvalue weighted by atomic mass is 10.0. The predicted molar refractivity (Wildman–Crippen MR) is 38.8 cm³/mol. The van der Waals surface area contributed by atoms with Crippen LogP contribution in [0.3, 0.4) is 0 Å². The van der Waals surface area contributed by atoms with Gasteiger partial charge in [-0.2, -0.15) is 0 Å². The predicted octanol–water partition coefficient (Wildman–Crippen LogP) is 0.814. The molecule has 0 aromatic heterocycles. The van der Waals surface area contributed by atoms with E-state index in [-0.39, 0.29) is 0 Å². The average Bonchev–Trinajstić information content (AvgIpc) is 2.36. The van der Waals surface area contributed by atoms with E-state index >= 15 is 0 Å². The Balaban J connectivity index is 2.10. The van der Waals surface area contributed by atoms with Gasteiger partial charge in [-0.3, -0.25) is 9.69 Å². The molecule has 1 unspecified atom stereocenters. The van der Waals surface area contributed by atoms with Crippen LogP contribution in [-0.4, -0.2) is 29.8 Å². The molecule has 1 atom stereocenters. The lowest BCUT2D eigenvalue weighted by molar-refractivity contribution is -0.125. The summed E-state index contributed by atoms with van der Waals surface area (Å²) in [5.41, 5.74) is 0. The first-order valence-electron chi connectivity index (χ1n) is 4.15. The summed E-state index contributed by atoms with van der Waals surface area (Å²) in [4.78, 5) is 13.6. The van der Waals surface area contributed by atoms with E-state index in [0.29, 0.717) is 11.8 Å². The van der Waals surface area contributed by atoms with Gasteiger partial charge in [-0.25, -0.2) is 0 Å². The molecule has 2 heteroatoms. The monoisotopic (exact) mass is 139 g/mol. The Morgan fingerprint density at radius 2 is 2.10 bits per heavy atom. The Kier molecular flexibility index (Phi) is 1.49. The van der Waals surface area contributed by atoms with Gasteiger partial charge in [0.2, 0.25) is 0 Å². The summed E-state index contributed by atoms with van der Waals surface area (Å²) in [6.07, 6.45) is 4.28. The van der Waals surface area contributed by atoms with E-state index in [4.69, 9.17) is 0 Å². The van der Waals surface area contributed by atoms with Gasteiger partial charge in [-0.1, -0.05) is 0 Å². The molecular weight excluding hydrogens is 126 g/mol. The lowest BCUT2D eigenvalue weighted by Gasteiger charge is -2.27. The van der Waals surface area contributed by atoms with Gasteiger partial charge in [0, 0.05) is 6.42 Å². The maximum atomic E-state index is 11.2. The molecular formula is C8H13NO. The number of rotatable bonds is 0. The van der Waals surface area contributed by atoms with Crippen molar-refractivity contribution in [3.63, 3.8) is 0 Å². The third-order valence-corrected chi connectivity index (χ3v) is 2.60. The van der Waals surface area contributed by atoms with Crippen molar-refractivity contribution in [3.05, 3.63) is 0 Å². The summed E-state index contributed by atoms with van der Waals surface area (Å²) in [5, 5.41) is 0. The van der Waals surface area contributed by atoms with Crippen LogP contribution in [0, 0.1) is 0 Å². The zero-order valence-corrected chi connectivity index (χ0v) is 6.18. The van der Waals surface area contributed by atoms with E-state index in [1.165, 1.54) is 6.42 Å². The third kappa shape index (κ3) is 0.870. The molecule has 0 aliphatic carbocycles. The Bertz CT molecular complexity index is 155. The molecule has 0 N–H and O–H groups in total. The Morgan fingerprint density at radius 1 is 1.30 bits per heavy atom. The van der Waals surface area contributed by atoms with Crippen LogP contribution in [0.25, 0.3) is 0 Å². The van der Waals surface area contributed by atoms with Crippen molar-refractivity contribution in [1.82, 2.24) is 4.90 Å². The second kappa shape index (κ2) is 2.35. The second-order valence-corrected chi connectivity index (χ2v) is 3.26. The summed E-state index contributed by atoms with van der Waals surface area (Å²) < 4.78 is 0. The maximum absolute atomic E-state index is 11.2. The molecule has 0 amide bonds. The van der Waals surface area contributed by atoms with Crippen LogP contribution in [0.15, 0.2) is 0 Å². The molecule has 2 heterocycles. The molecule has 0 bridgehead atoms. The fraction of sp³-hybridized carbons (Fsp3) is 0.875. The molecule has 0 saturated carbocycles. The first kappa shape index (κ1) is 6.35. The van der Waals surface area contributed by atoms with Crippen LogP contribution in [0.5, 0.6) is 0 Å². The minimum absolute atomic E-state index is 0.328. The molecule has 56 valence electrons. The maximum Gasteiger partial charge on any atom is 0.150 e.